The average Bonchev–Trinajstić information content (AvgIpc) is 3.07. The number of rotatable bonds is 7. The number of amides is 1. The Hall–Kier alpha value is -3.31. The second-order valence-electron chi connectivity index (χ2n) is 7.39. The van der Waals surface area contributed by atoms with Gasteiger partial charge in [-0.1, -0.05) is 18.9 Å². The van der Waals surface area contributed by atoms with E-state index in [1.54, 1.807) is 0 Å². The summed E-state index contributed by atoms with van der Waals surface area (Å²) in [5, 5.41) is 11.3. The third-order valence-electron chi connectivity index (χ3n) is 5.20. The molecule has 2 N–H and O–H groups in total. The quantitative estimate of drug-likeness (QED) is 0.378. The molecule has 0 saturated carbocycles. The van der Waals surface area contributed by atoms with Crippen LogP contribution in [0, 0.1) is 10.1 Å². The summed E-state index contributed by atoms with van der Waals surface area (Å²) in [6, 6.07) is 9.12. The number of benzene rings is 2. The molecular weight excluding hydrogens is 438 g/mol. The molecule has 1 amide bonds. The summed E-state index contributed by atoms with van der Waals surface area (Å²) in [5.74, 6) is -1.65. The van der Waals surface area contributed by atoms with E-state index in [9.17, 15) is 28.1 Å². The molecule has 0 atom stereocenters. The normalized spacial score (nSPS) is 15.0. The molecule has 1 saturated heterocycles. The molecule has 0 aliphatic carbocycles. The minimum absolute atomic E-state index is 0.00867. The summed E-state index contributed by atoms with van der Waals surface area (Å²) in [6.07, 6.45) is 3.53. The van der Waals surface area contributed by atoms with Crippen molar-refractivity contribution in [2.45, 2.75) is 37.2 Å². The molecular formula is C21H23N3O7S. The summed E-state index contributed by atoms with van der Waals surface area (Å²) in [6.45, 7) is 0.432. The molecule has 1 aliphatic heterocycles. The Balaban J connectivity index is 1.77. The zero-order valence-electron chi connectivity index (χ0n) is 17.2. The molecule has 0 spiro atoms. The van der Waals surface area contributed by atoms with Crippen molar-refractivity contribution in [1.29, 1.82) is 0 Å². The molecule has 0 aromatic heterocycles. The van der Waals surface area contributed by atoms with Crippen LogP contribution in [0.25, 0.3) is 0 Å². The molecule has 11 heteroatoms. The van der Waals surface area contributed by atoms with Gasteiger partial charge in [-0.3, -0.25) is 14.9 Å². The van der Waals surface area contributed by atoms with E-state index in [0.717, 1.165) is 31.7 Å². The van der Waals surface area contributed by atoms with Gasteiger partial charge in [0.05, 0.1) is 20.9 Å². The molecule has 2 aromatic carbocycles. The van der Waals surface area contributed by atoms with Crippen molar-refractivity contribution in [2.24, 2.45) is 5.73 Å². The van der Waals surface area contributed by atoms with Crippen LogP contribution < -0.4 is 5.73 Å². The number of hydrogen-bond donors (Lipinski definition) is 1. The first-order valence-electron chi connectivity index (χ1n) is 10.0. The molecule has 3 rings (SSSR count). The first-order chi connectivity index (χ1) is 15.2. The Morgan fingerprint density at radius 3 is 2.34 bits per heavy atom. The van der Waals surface area contributed by atoms with Crippen LogP contribution in [0.1, 0.15) is 52.0 Å². The topological polar surface area (TPSA) is 150 Å². The molecule has 170 valence electrons. The van der Waals surface area contributed by atoms with Gasteiger partial charge in [0.1, 0.15) is 6.61 Å². The maximum atomic E-state index is 13.0. The van der Waals surface area contributed by atoms with E-state index in [0.29, 0.717) is 13.1 Å². The van der Waals surface area contributed by atoms with Crippen molar-refractivity contribution in [3.05, 3.63) is 69.3 Å². The molecule has 1 heterocycles. The van der Waals surface area contributed by atoms with Gasteiger partial charge in [0, 0.05) is 24.7 Å². The smallest absolute Gasteiger partial charge is 0.338 e. The fourth-order valence-electron chi connectivity index (χ4n) is 3.45. The number of sulfonamides is 1. The highest BCUT2D eigenvalue weighted by atomic mass is 32.2. The number of nitrogens with zero attached hydrogens (tertiary/aromatic N) is 2. The number of esters is 1. The fourth-order valence-corrected chi connectivity index (χ4v) is 5.01. The lowest BCUT2D eigenvalue weighted by atomic mass is 10.1. The van der Waals surface area contributed by atoms with Crippen molar-refractivity contribution >= 4 is 27.6 Å². The van der Waals surface area contributed by atoms with E-state index >= 15 is 0 Å². The molecule has 1 aliphatic rings. The number of hydrogen-bond acceptors (Lipinski definition) is 7. The van der Waals surface area contributed by atoms with E-state index in [4.69, 9.17) is 10.5 Å². The minimum Gasteiger partial charge on any atom is -0.457 e. The van der Waals surface area contributed by atoms with Crippen molar-refractivity contribution in [3.8, 4) is 0 Å². The van der Waals surface area contributed by atoms with Crippen LogP contribution in [0.3, 0.4) is 0 Å². The van der Waals surface area contributed by atoms with Crippen molar-refractivity contribution in [2.75, 3.05) is 13.1 Å². The van der Waals surface area contributed by atoms with Gasteiger partial charge in [-0.25, -0.2) is 13.2 Å². The lowest BCUT2D eigenvalue weighted by Crippen LogP contribution is -2.32. The maximum absolute atomic E-state index is 13.0. The highest BCUT2D eigenvalue weighted by molar-refractivity contribution is 7.89. The number of nitrogens with two attached hydrogens (primary N) is 1. The molecule has 2 aromatic rings. The van der Waals surface area contributed by atoms with Crippen molar-refractivity contribution in [1.82, 2.24) is 4.31 Å². The summed E-state index contributed by atoms with van der Waals surface area (Å²) < 4.78 is 32.5. The number of primary amides is 1. The van der Waals surface area contributed by atoms with Gasteiger partial charge < -0.3 is 10.5 Å². The van der Waals surface area contributed by atoms with Gasteiger partial charge in [0.15, 0.2) is 0 Å². The number of carbonyl (C=O) groups excluding carboxylic acids is 2. The minimum atomic E-state index is -3.75. The predicted molar refractivity (Wildman–Crippen MR) is 114 cm³/mol. The second-order valence-corrected chi connectivity index (χ2v) is 9.33. The van der Waals surface area contributed by atoms with Crippen molar-refractivity contribution < 1.29 is 27.7 Å². The van der Waals surface area contributed by atoms with Gasteiger partial charge >= 0.3 is 5.97 Å². The Bertz CT molecular complexity index is 1140. The molecule has 10 nitrogen and oxygen atoms in total. The Labute approximate surface area is 185 Å². The highest BCUT2D eigenvalue weighted by Crippen LogP contribution is 2.23. The summed E-state index contributed by atoms with van der Waals surface area (Å²) in [7, 11) is -3.75. The monoisotopic (exact) mass is 461 g/mol. The third-order valence-corrected chi connectivity index (χ3v) is 7.09. The summed E-state index contributed by atoms with van der Waals surface area (Å²) >= 11 is 0. The fraction of sp³-hybridized carbons (Fsp3) is 0.333. The van der Waals surface area contributed by atoms with Crippen LogP contribution in [0.15, 0.2) is 47.4 Å². The van der Waals surface area contributed by atoms with Crippen LogP contribution >= 0.6 is 0 Å². The molecule has 0 radical (unpaired) electrons. The maximum Gasteiger partial charge on any atom is 0.338 e. The Morgan fingerprint density at radius 1 is 1.03 bits per heavy atom. The highest BCUT2D eigenvalue weighted by Gasteiger charge is 2.26. The first kappa shape index (κ1) is 23.4. The SMILES string of the molecule is NC(=O)c1ccc(COC(=O)c2cccc(S(=O)(=O)N3CCCCCC3)c2)c([N+](=O)[O-])c1. The molecule has 1 fully saturated rings. The molecule has 32 heavy (non-hydrogen) atoms. The van der Waals surface area contributed by atoms with Gasteiger partial charge in [-0.15, -0.1) is 0 Å². The number of nitro groups is 1. The summed E-state index contributed by atoms with van der Waals surface area (Å²) in [4.78, 5) is 34.3. The van der Waals surface area contributed by atoms with Gasteiger partial charge in [0.2, 0.25) is 15.9 Å². The van der Waals surface area contributed by atoms with Gasteiger partial charge in [-0.05, 0) is 43.2 Å². The van der Waals surface area contributed by atoms with E-state index in [1.807, 2.05) is 0 Å². The van der Waals surface area contributed by atoms with Gasteiger partial charge in [0.25, 0.3) is 5.69 Å². The van der Waals surface area contributed by atoms with E-state index in [-0.39, 0.29) is 21.6 Å². The lowest BCUT2D eigenvalue weighted by Gasteiger charge is -2.20. The van der Waals surface area contributed by atoms with Crippen LogP contribution in [0.4, 0.5) is 5.69 Å². The first-order valence-corrected chi connectivity index (χ1v) is 11.5. The summed E-state index contributed by atoms with van der Waals surface area (Å²) in [5.41, 5.74) is 4.77. The number of nitro benzene ring substituents is 1. The Kier molecular flexibility index (Phi) is 7.21. The second kappa shape index (κ2) is 9.88. The zero-order valence-corrected chi connectivity index (χ0v) is 18.0. The predicted octanol–water partition coefficient (Wildman–Crippen LogP) is 2.62. The van der Waals surface area contributed by atoms with E-state index < -0.39 is 39.1 Å². The molecule has 0 bridgehead atoms. The van der Waals surface area contributed by atoms with Crippen LogP contribution in [-0.2, 0) is 21.4 Å². The van der Waals surface area contributed by atoms with Crippen LogP contribution in [-0.4, -0.2) is 42.6 Å². The van der Waals surface area contributed by atoms with Gasteiger partial charge in [-0.2, -0.15) is 4.31 Å². The Morgan fingerprint density at radius 2 is 1.72 bits per heavy atom. The largest absolute Gasteiger partial charge is 0.457 e. The third kappa shape index (κ3) is 5.29. The molecule has 0 unspecified atom stereocenters. The van der Waals surface area contributed by atoms with Crippen molar-refractivity contribution in [3.63, 3.8) is 0 Å². The van der Waals surface area contributed by atoms with E-state index in [2.05, 4.69) is 0 Å². The number of ether oxygens (including phenoxy) is 1. The number of carbonyl (C=O) groups is 2. The van der Waals surface area contributed by atoms with Crippen LogP contribution in [0.5, 0.6) is 0 Å². The zero-order chi connectivity index (χ0) is 23.3. The standard InChI is InChI=1S/C21H23N3O7S/c22-20(25)15-8-9-17(19(13-15)24(27)28)14-31-21(26)16-6-5-7-18(12-16)32(29,30)23-10-3-1-2-4-11-23/h5-9,12-13H,1-4,10-11,14H2,(H2,22,25). The average molecular weight is 461 g/mol. The lowest BCUT2D eigenvalue weighted by molar-refractivity contribution is -0.385. The van der Waals surface area contributed by atoms with E-state index in [1.165, 1.54) is 40.7 Å². The van der Waals surface area contributed by atoms with Crippen LogP contribution in [0.2, 0.25) is 0 Å².